The quantitative estimate of drug-likeness (QED) is 0.379. The van der Waals surface area contributed by atoms with E-state index in [2.05, 4.69) is 15.9 Å². The summed E-state index contributed by atoms with van der Waals surface area (Å²) >= 11 is 3.16. The highest BCUT2D eigenvalue weighted by Crippen LogP contribution is 2.24. The van der Waals surface area contributed by atoms with Crippen molar-refractivity contribution in [1.82, 2.24) is 0 Å². The minimum atomic E-state index is -1.61. The van der Waals surface area contributed by atoms with E-state index in [1.165, 1.54) is 0 Å². The Morgan fingerprint density at radius 1 is 1.11 bits per heavy atom. The second-order valence-corrected chi connectivity index (χ2v) is 4.33. The Labute approximate surface area is 109 Å². The summed E-state index contributed by atoms with van der Waals surface area (Å²) in [6, 6.07) is 0.0885. The Morgan fingerprint density at radius 2 is 1.67 bits per heavy atom. The molecule has 0 radical (unpaired) electrons. The molecule has 0 aliphatic heterocycles. The van der Waals surface area contributed by atoms with Gasteiger partial charge in [-0.05, 0) is 12.8 Å². The van der Waals surface area contributed by atoms with Crippen LogP contribution < -0.4 is 5.32 Å². The number of halogens is 5. The van der Waals surface area contributed by atoms with Crippen molar-refractivity contribution in [2.75, 3.05) is 10.6 Å². The number of carbonyl (C=O) groups is 1. The van der Waals surface area contributed by atoms with Crippen molar-refractivity contribution in [2.45, 2.75) is 19.3 Å². The van der Waals surface area contributed by atoms with Crippen LogP contribution in [0.3, 0.4) is 0 Å². The average Bonchev–Trinajstić information content (AvgIpc) is 2.32. The Balaban J connectivity index is 2.81. The average molecular weight is 328 g/mol. The van der Waals surface area contributed by atoms with Crippen LogP contribution in [0.15, 0.2) is 6.07 Å². The predicted molar refractivity (Wildman–Crippen MR) is 62.5 cm³/mol. The van der Waals surface area contributed by atoms with Gasteiger partial charge in [-0.3, -0.25) is 4.79 Å². The predicted octanol–water partition coefficient (Wildman–Crippen LogP) is 3.75. The molecule has 1 aromatic rings. The van der Waals surface area contributed by atoms with Crippen molar-refractivity contribution in [1.29, 1.82) is 0 Å². The molecular weight excluding hydrogens is 318 g/mol. The molecule has 0 bridgehead atoms. The number of anilines is 1. The van der Waals surface area contributed by atoms with Crippen molar-refractivity contribution in [2.24, 2.45) is 0 Å². The highest BCUT2D eigenvalue weighted by atomic mass is 79.9. The molecule has 1 rings (SSSR count). The molecule has 0 atom stereocenters. The summed E-state index contributed by atoms with van der Waals surface area (Å²) in [4.78, 5) is 11.3. The second kappa shape index (κ2) is 6.72. The van der Waals surface area contributed by atoms with Crippen LogP contribution in [0.25, 0.3) is 0 Å². The number of rotatable bonds is 5. The largest absolute Gasteiger partial charge is 0.321 e. The van der Waals surface area contributed by atoms with Gasteiger partial charge in [0.1, 0.15) is 5.69 Å². The van der Waals surface area contributed by atoms with Crippen LogP contribution in [0.4, 0.5) is 23.2 Å². The zero-order chi connectivity index (χ0) is 13.7. The molecule has 0 aliphatic carbocycles. The van der Waals surface area contributed by atoms with Gasteiger partial charge >= 0.3 is 0 Å². The summed E-state index contributed by atoms with van der Waals surface area (Å²) in [5.41, 5.74) is -1.09. The number of hydrogen-bond donors (Lipinski definition) is 1. The van der Waals surface area contributed by atoms with Gasteiger partial charge in [0.15, 0.2) is 23.3 Å². The molecule has 0 spiro atoms. The lowest BCUT2D eigenvalue weighted by Gasteiger charge is -2.08. The number of alkyl halides is 1. The van der Waals surface area contributed by atoms with E-state index >= 15 is 0 Å². The Morgan fingerprint density at radius 3 is 2.17 bits per heavy atom. The van der Waals surface area contributed by atoms with E-state index < -0.39 is 34.9 Å². The molecule has 0 fully saturated rings. The molecule has 2 nitrogen and oxygen atoms in total. The summed E-state index contributed by atoms with van der Waals surface area (Å²) in [6.07, 6.45) is 1.22. The lowest BCUT2D eigenvalue weighted by molar-refractivity contribution is -0.116. The van der Waals surface area contributed by atoms with E-state index in [0.29, 0.717) is 18.2 Å². The SMILES string of the molecule is O=C(CCCCBr)Nc1c(F)c(F)cc(F)c1F. The maximum atomic E-state index is 13.2. The smallest absolute Gasteiger partial charge is 0.224 e. The molecule has 1 N–H and O–H groups in total. The molecule has 0 aliphatic rings. The molecule has 100 valence electrons. The van der Waals surface area contributed by atoms with Crippen molar-refractivity contribution in [3.05, 3.63) is 29.3 Å². The van der Waals surface area contributed by atoms with Gasteiger partial charge in [0.2, 0.25) is 5.91 Å². The van der Waals surface area contributed by atoms with Crippen molar-refractivity contribution < 1.29 is 22.4 Å². The monoisotopic (exact) mass is 327 g/mol. The molecule has 0 aromatic heterocycles. The van der Waals surface area contributed by atoms with Gasteiger partial charge in [-0.15, -0.1) is 0 Å². The van der Waals surface area contributed by atoms with E-state index in [-0.39, 0.29) is 12.5 Å². The number of carbonyl (C=O) groups excluding carboxylic acids is 1. The van der Waals surface area contributed by atoms with Crippen LogP contribution in [0, 0.1) is 23.3 Å². The molecule has 1 aromatic carbocycles. The van der Waals surface area contributed by atoms with Gasteiger partial charge in [-0.2, -0.15) is 0 Å². The first-order valence-electron chi connectivity index (χ1n) is 5.16. The van der Waals surface area contributed by atoms with E-state index in [9.17, 15) is 22.4 Å². The second-order valence-electron chi connectivity index (χ2n) is 3.54. The first kappa shape index (κ1) is 14.9. The third-order valence-electron chi connectivity index (χ3n) is 2.16. The summed E-state index contributed by atoms with van der Waals surface area (Å²) in [7, 11) is 0. The first-order chi connectivity index (χ1) is 8.47. The molecule has 0 saturated carbocycles. The van der Waals surface area contributed by atoms with E-state index in [1.54, 1.807) is 0 Å². The fourth-order valence-corrected chi connectivity index (χ4v) is 1.66. The molecule has 0 heterocycles. The zero-order valence-corrected chi connectivity index (χ0v) is 10.8. The van der Waals surface area contributed by atoms with Gasteiger partial charge in [-0.1, -0.05) is 15.9 Å². The molecule has 18 heavy (non-hydrogen) atoms. The van der Waals surface area contributed by atoms with Gasteiger partial charge in [0.05, 0.1) is 0 Å². The third kappa shape index (κ3) is 3.69. The van der Waals surface area contributed by atoms with E-state index in [1.807, 2.05) is 5.32 Å². The number of benzene rings is 1. The fourth-order valence-electron chi connectivity index (χ4n) is 1.26. The molecule has 7 heteroatoms. The maximum absolute atomic E-state index is 13.2. The van der Waals surface area contributed by atoms with Crippen LogP contribution in [0.1, 0.15) is 19.3 Å². The Hall–Kier alpha value is -1.11. The topological polar surface area (TPSA) is 29.1 Å². The standard InChI is InChI=1S/C11H10BrF4NO/c12-4-2-1-3-8(18)17-11-9(15)6(13)5-7(14)10(11)16/h5H,1-4H2,(H,17,18). The van der Waals surface area contributed by atoms with Gasteiger partial charge < -0.3 is 5.32 Å². The normalized spacial score (nSPS) is 10.5. The lowest BCUT2D eigenvalue weighted by atomic mass is 10.2. The van der Waals surface area contributed by atoms with E-state index in [0.717, 1.165) is 0 Å². The fraction of sp³-hybridized carbons (Fsp3) is 0.364. The van der Waals surface area contributed by atoms with Crippen molar-refractivity contribution in [3.63, 3.8) is 0 Å². The maximum Gasteiger partial charge on any atom is 0.224 e. The number of amides is 1. The molecule has 0 unspecified atom stereocenters. The number of nitrogens with one attached hydrogen (secondary N) is 1. The number of unbranched alkanes of at least 4 members (excludes halogenated alkanes) is 1. The van der Waals surface area contributed by atoms with E-state index in [4.69, 9.17) is 0 Å². The van der Waals surface area contributed by atoms with Crippen LogP contribution >= 0.6 is 15.9 Å². The lowest BCUT2D eigenvalue weighted by Crippen LogP contribution is -2.15. The van der Waals surface area contributed by atoms with Crippen LogP contribution in [-0.4, -0.2) is 11.2 Å². The highest BCUT2D eigenvalue weighted by molar-refractivity contribution is 9.09. The number of hydrogen-bond acceptors (Lipinski definition) is 1. The third-order valence-corrected chi connectivity index (χ3v) is 2.72. The van der Waals surface area contributed by atoms with Gasteiger partial charge in [0, 0.05) is 17.8 Å². The first-order valence-corrected chi connectivity index (χ1v) is 6.28. The van der Waals surface area contributed by atoms with Crippen molar-refractivity contribution >= 4 is 27.5 Å². The van der Waals surface area contributed by atoms with Crippen LogP contribution in [-0.2, 0) is 4.79 Å². The highest BCUT2D eigenvalue weighted by Gasteiger charge is 2.20. The summed E-state index contributed by atoms with van der Waals surface area (Å²) in [5, 5.41) is 2.53. The minimum Gasteiger partial charge on any atom is -0.321 e. The summed E-state index contributed by atoms with van der Waals surface area (Å²) in [6.45, 7) is 0. The van der Waals surface area contributed by atoms with Crippen molar-refractivity contribution in [3.8, 4) is 0 Å². The van der Waals surface area contributed by atoms with Gasteiger partial charge in [0.25, 0.3) is 0 Å². The van der Waals surface area contributed by atoms with Crippen LogP contribution in [0.5, 0.6) is 0 Å². The summed E-state index contributed by atoms with van der Waals surface area (Å²) < 4.78 is 52.1. The minimum absolute atomic E-state index is 0.0165. The Bertz CT molecular complexity index is 427. The molecule has 1 amide bonds. The Kier molecular flexibility index (Phi) is 5.58. The molecular formula is C11H10BrF4NO. The van der Waals surface area contributed by atoms with Gasteiger partial charge in [-0.25, -0.2) is 17.6 Å². The van der Waals surface area contributed by atoms with Crippen LogP contribution in [0.2, 0.25) is 0 Å². The summed E-state index contributed by atoms with van der Waals surface area (Å²) in [5.74, 6) is -7.02. The zero-order valence-electron chi connectivity index (χ0n) is 9.20. The molecule has 0 saturated heterocycles.